The Labute approximate surface area is 83.4 Å². The highest BCUT2D eigenvalue weighted by molar-refractivity contribution is 5.73. The molecule has 0 unspecified atom stereocenters. The van der Waals surface area contributed by atoms with Crippen molar-refractivity contribution in [1.82, 2.24) is 4.98 Å². The van der Waals surface area contributed by atoms with E-state index in [1.54, 1.807) is 12.1 Å². The molecule has 1 aromatic rings. The molecular weight excluding hydrogens is 178 g/mol. The molecule has 0 fully saturated rings. The van der Waals surface area contributed by atoms with Crippen LogP contribution < -0.4 is 4.74 Å². The molecule has 0 spiro atoms. The zero-order valence-corrected chi connectivity index (χ0v) is 8.19. The Morgan fingerprint density at radius 2 is 2.43 bits per heavy atom. The van der Waals surface area contributed by atoms with E-state index in [0.29, 0.717) is 18.1 Å². The predicted octanol–water partition coefficient (Wildman–Crippen LogP) is 2.24. The molecule has 0 aromatic carbocycles. The number of aromatic nitrogens is 1. The smallest absolute Gasteiger partial charge is 0.213 e. The van der Waals surface area contributed by atoms with Gasteiger partial charge in [0.1, 0.15) is 0 Å². The normalized spacial score (nSPS) is 9.50. The van der Waals surface area contributed by atoms with E-state index in [4.69, 9.17) is 4.74 Å². The Bertz CT molecular complexity index is 317. The SMILES string of the molecule is C=C(C)CCOc1ccc(C=O)cn1. The van der Waals surface area contributed by atoms with E-state index in [0.717, 1.165) is 18.3 Å². The molecule has 0 amide bonds. The van der Waals surface area contributed by atoms with Gasteiger partial charge in [0.15, 0.2) is 6.29 Å². The molecule has 1 heterocycles. The lowest BCUT2D eigenvalue weighted by molar-refractivity contribution is 0.112. The molecular formula is C11H13NO2. The topological polar surface area (TPSA) is 39.2 Å². The number of carbonyl (C=O) groups is 1. The van der Waals surface area contributed by atoms with Crippen molar-refractivity contribution in [2.45, 2.75) is 13.3 Å². The first-order valence-electron chi connectivity index (χ1n) is 4.41. The van der Waals surface area contributed by atoms with Crippen LogP contribution in [0.1, 0.15) is 23.7 Å². The third-order valence-electron chi connectivity index (χ3n) is 1.67. The monoisotopic (exact) mass is 191 g/mol. The van der Waals surface area contributed by atoms with E-state index in [2.05, 4.69) is 11.6 Å². The number of nitrogens with zero attached hydrogens (tertiary/aromatic N) is 1. The van der Waals surface area contributed by atoms with Crippen molar-refractivity contribution >= 4 is 6.29 Å². The number of carbonyl (C=O) groups excluding carboxylic acids is 1. The minimum Gasteiger partial charge on any atom is -0.477 e. The number of hydrogen-bond acceptors (Lipinski definition) is 3. The van der Waals surface area contributed by atoms with E-state index in [1.165, 1.54) is 6.20 Å². The Hall–Kier alpha value is -1.64. The third kappa shape index (κ3) is 3.39. The fourth-order valence-electron chi connectivity index (χ4n) is 0.877. The molecule has 0 atom stereocenters. The molecule has 0 aliphatic carbocycles. The van der Waals surface area contributed by atoms with E-state index in [1.807, 2.05) is 6.92 Å². The second kappa shape index (κ2) is 5.17. The van der Waals surface area contributed by atoms with Crippen LogP contribution in [-0.4, -0.2) is 17.9 Å². The average Bonchev–Trinajstić information content (AvgIpc) is 2.18. The summed E-state index contributed by atoms with van der Waals surface area (Å²) in [5.41, 5.74) is 1.63. The third-order valence-corrected chi connectivity index (χ3v) is 1.67. The Morgan fingerprint density at radius 1 is 1.64 bits per heavy atom. The number of aldehydes is 1. The molecule has 1 aromatic heterocycles. The van der Waals surface area contributed by atoms with Crippen molar-refractivity contribution in [3.8, 4) is 5.88 Å². The van der Waals surface area contributed by atoms with Gasteiger partial charge in [-0.3, -0.25) is 4.79 Å². The average molecular weight is 191 g/mol. The molecule has 3 nitrogen and oxygen atoms in total. The van der Waals surface area contributed by atoms with Crippen LogP contribution in [0.15, 0.2) is 30.5 Å². The molecule has 0 bridgehead atoms. The van der Waals surface area contributed by atoms with Gasteiger partial charge < -0.3 is 4.74 Å². The van der Waals surface area contributed by atoms with Crippen LogP contribution >= 0.6 is 0 Å². The number of rotatable bonds is 5. The summed E-state index contributed by atoms with van der Waals surface area (Å²) in [5.74, 6) is 0.539. The summed E-state index contributed by atoms with van der Waals surface area (Å²) in [6.45, 7) is 6.29. The van der Waals surface area contributed by atoms with Crippen LogP contribution in [0.5, 0.6) is 5.88 Å². The van der Waals surface area contributed by atoms with Gasteiger partial charge in [0.05, 0.1) is 6.61 Å². The van der Waals surface area contributed by atoms with Crippen molar-refractivity contribution in [2.24, 2.45) is 0 Å². The first-order valence-corrected chi connectivity index (χ1v) is 4.41. The van der Waals surface area contributed by atoms with E-state index in [-0.39, 0.29) is 0 Å². The second-order valence-corrected chi connectivity index (χ2v) is 3.10. The first kappa shape index (κ1) is 10.4. The van der Waals surface area contributed by atoms with Gasteiger partial charge in [0, 0.05) is 24.2 Å². The minimum absolute atomic E-state index is 0.539. The highest BCUT2D eigenvalue weighted by Crippen LogP contribution is 2.07. The van der Waals surface area contributed by atoms with Crippen LogP contribution in [-0.2, 0) is 0 Å². The van der Waals surface area contributed by atoms with Gasteiger partial charge in [-0.1, -0.05) is 5.57 Å². The van der Waals surface area contributed by atoms with Crippen molar-refractivity contribution in [3.63, 3.8) is 0 Å². The molecule has 0 saturated carbocycles. The fourth-order valence-corrected chi connectivity index (χ4v) is 0.877. The summed E-state index contributed by atoms with van der Waals surface area (Å²) in [7, 11) is 0. The second-order valence-electron chi connectivity index (χ2n) is 3.10. The lowest BCUT2D eigenvalue weighted by atomic mass is 10.3. The van der Waals surface area contributed by atoms with Crippen LogP contribution in [0.3, 0.4) is 0 Å². The van der Waals surface area contributed by atoms with Crippen molar-refractivity contribution in [2.75, 3.05) is 6.61 Å². The maximum Gasteiger partial charge on any atom is 0.213 e. The quantitative estimate of drug-likeness (QED) is 0.529. The highest BCUT2D eigenvalue weighted by atomic mass is 16.5. The zero-order valence-electron chi connectivity index (χ0n) is 8.19. The molecule has 0 N–H and O–H groups in total. The highest BCUT2D eigenvalue weighted by Gasteiger charge is 1.95. The van der Waals surface area contributed by atoms with Crippen LogP contribution in [0.25, 0.3) is 0 Å². The van der Waals surface area contributed by atoms with Gasteiger partial charge in [0.2, 0.25) is 5.88 Å². The summed E-state index contributed by atoms with van der Waals surface area (Å²) in [6, 6.07) is 3.36. The lowest BCUT2D eigenvalue weighted by Gasteiger charge is -2.04. The van der Waals surface area contributed by atoms with Crippen molar-refractivity contribution in [1.29, 1.82) is 0 Å². The lowest BCUT2D eigenvalue weighted by Crippen LogP contribution is -1.99. The molecule has 1 rings (SSSR count). The Kier molecular flexibility index (Phi) is 3.85. The van der Waals surface area contributed by atoms with Crippen molar-refractivity contribution < 1.29 is 9.53 Å². The predicted molar refractivity (Wildman–Crippen MR) is 54.6 cm³/mol. The molecule has 0 aliphatic rings. The van der Waals surface area contributed by atoms with Gasteiger partial charge in [-0.2, -0.15) is 0 Å². The summed E-state index contributed by atoms with van der Waals surface area (Å²) < 4.78 is 5.33. The maximum atomic E-state index is 10.3. The molecule has 0 saturated heterocycles. The molecule has 74 valence electrons. The Balaban J connectivity index is 2.43. The van der Waals surface area contributed by atoms with Gasteiger partial charge in [0.25, 0.3) is 0 Å². The minimum atomic E-state index is 0.539. The summed E-state index contributed by atoms with van der Waals surface area (Å²) in [4.78, 5) is 14.3. The summed E-state index contributed by atoms with van der Waals surface area (Å²) >= 11 is 0. The number of pyridine rings is 1. The van der Waals surface area contributed by atoms with Crippen LogP contribution in [0, 0.1) is 0 Å². The molecule has 0 aliphatic heterocycles. The zero-order chi connectivity index (χ0) is 10.4. The summed E-state index contributed by atoms with van der Waals surface area (Å²) in [6.07, 6.45) is 3.06. The summed E-state index contributed by atoms with van der Waals surface area (Å²) in [5, 5.41) is 0. The first-order chi connectivity index (χ1) is 6.72. The van der Waals surface area contributed by atoms with Crippen LogP contribution in [0.2, 0.25) is 0 Å². The van der Waals surface area contributed by atoms with Gasteiger partial charge in [-0.15, -0.1) is 6.58 Å². The number of hydrogen-bond donors (Lipinski definition) is 0. The largest absolute Gasteiger partial charge is 0.477 e. The van der Waals surface area contributed by atoms with Gasteiger partial charge >= 0.3 is 0 Å². The fraction of sp³-hybridized carbons (Fsp3) is 0.273. The molecule has 14 heavy (non-hydrogen) atoms. The standard InChI is InChI=1S/C11H13NO2/c1-9(2)5-6-14-11-4-3-10(8-13)7-12-11/h3-4,7-8H,1,5-6H2,2H3. The maximum absolute atomic E-state index is 10.3. The molecule has 3 heteroatoms. The van der Waals surface area contributed by atoms with Gasteiger partial charge in [-0.05, 0) is 13.0 Å². The van der Waals surface area contributed by atoms with E-state index >= 15 is 0 Å². The van der Waals surface area contributed by atoms with Crippen LogP contribution in [0.4, 0.5) is 0 Å². The van der Waals surface area contributed by atoms with Gasteiger partial charge in [-0.25, -0.2) is 4.98 Å². The molecule has 0 radical (unpaired) electrons. The number of ether oxygens (including phenoxy) is 1. The van der Waals surface area contributed by atoms with Crippen molar-refractivity contribution in [3.05, 3.63) is 36.0 Å². The van der Waals surface area contributed by atoms with E-state index < -0.39 is 0 Å². The Morgan fingerprint density at radius 3 is 2.93 bits per heavy atom. The van der Waals surface area contributed by atoms with E-state index in [9.17, 15) is 4.79 Å².